The van der Waals surface area contributed by atoms with Crippen LogP contribution >= 0.6 is 0 Å². The van der Waals surface area contributed by atoms with Gasteiger partial charge >= 0.3 is 0 Å². The number of amides is 1. The summed E-state index contributed by atoms with van der Waals surface area (Å²) in [6.07, 6.45) is 3.13. The van der Waals surface area contributed by atoms with Crippen molar-refractivity contribution in [3.8, 4) is 6.07 Å². The van der Waals surface area contributed by atoms with Crippen molar-refractivity contribution in [2.24, 2.45) is 0 Å². The second-order valence-electron chi connectivity index (χ2n) is 5.20. The number of carbonyl (C=O) groups is 1. The first-order valence-electron chi connectivity index (χ1n) is 7.95. The molecule has 1 heterocycles. The Bertz CT molecular complexity index is 721. The molecule has 0 atom stereocenters. The Balaban J connectivity index is 2.06. The highest BCUT2D eigenvalue weighted by Gasteiger charge is 2.09. The minimum Gasteiger partial charge on any atom is -0.467 e. The lowest BCUT2D eigenvalue weighted by molar-refractivity contribution is -0.117. The molecule has 0 saturated heterocycles. The van der Waals surface area contributed by atoms with Gasteiger partial charge in [0.1, 0.15) is 17.4 Å². The Morgan fingerprint density at radius 3 is 2.50 bits per heavy atom. The molecular weight excluding hydrogens is 302 g/mol. The van der Waals surface area contributed by atoms with E-state index in [2.05, 4.69) is 24.1 Å². The summed E-state index contributed by atoms with van der Waals surface area (Å²) >= 11 is 0. The number of nitriles is 1. The molecule has 1 N–H and O–H groups in total. The van der Waals surface area contributed by atoms with Crippen LogP contribution in [0.4, 0.5) is 5.69 Å². The first kappa shape index (κ1) is 17.4. The maximum atomic E-state index is 12.1. The summed E-state index contributed by atoms with van der Waals surface area (Å²) in [5, 5.41) is 11.9. The topological polar surface area (TPSA) is 69.3 Å². The molecule has 0 saturated carbocycles. The molecule has 5 nitrogen and oxygen atoms in total. The second-order valence-corrected chi connectivity index (χ2v) is 5.20. The highest BCUT2D eigenvalue weighted by molar-refractivity contribution is 6.01. The summed E-state index contributed by atoms with van der Waals surface area (Å²) in [7, 11) is 0. The number of anilines is 1. The Labute approximate surface area is 142 Å². The van der Waals surface area contributed by atoms with Crippen molar-refractivity contribution < 1.29 is 9.21 Å². The molecule has 2 rings (SSSR count). The molecule has 0 aliphatic carbocycles. The monoisotopic (exact) mass is 323 g/mol. The lowest BCUT2D eigenvalue weighted by atomic mass is 10.1. The standard InChI is InChI=1S/C19H21N3O2/c1-3-22(4-2)17-9-7-15(8-10-17)12-16(13-20)19(23)21-14-18-6-5-11-24-18/h5-12H,3-4,14H2,1-2H3,(H,21,23)/b16-12-. The average Bonchev–Trinajstić information content (AvgIpc) is 3.13. The van der Waals surface area contributed by atoms with Gasteiger partial charge in [0.2, 0.25) is 0 Å². The minimum atomic E-state index is -0.415. The van der Waals surface area contributed by atoms with E-state index >= 15 is 0 Å². The molecule has 5 heteroatoms. The number of nitrogens with one attached hydrogen (secondary N) is 1. The van der Waals surface area contributed by atoms with Gasteiger partial charge in [0, 0.05) is 18.8 Å². The van der Waals surface area contributed by atoms with E-state index in [1.807, 2.05) is 30.3 Å². The van der Waals surface area contributed by atoms with E-state index in [9.17, 15) is 10.1 Å². The lowest BCUT2D eigenvalue weighted by Crippen LogP contribution is -2.23. The largest absolute Gasteiger partial charge is 0.467 e. The van der Waals surface area contributed by atoms with Crippen LogP contribution in [0.25, 0.3) is 6.08 Å². The molecule has 1 amide bonds. The van der Waals surface area contributed by atoms with Crippen LogP contribution in [-0.4, -0.2) is 19.0 Å². The molecule has 0 aliphatic rings. The van der Waals surface area contributed by atoms with Gasteiger partial charge in [-0.05, 0) is 49.8 Å². The van der Waals surface area contributed by atoms with Crippen LogP contribution in [0.1, 0.15) is 25.2 Å². The third-order valence-electron chi connectivity index (χ3n) is 3.70. The van der Waals surface area contributed by atoms with Crippen molar-refractivity contribution in [2.75, 3.05) is 18.0 Å². The fourth-order valence-corrected chi connectivity index (χ4v) is 2.36. The van der Waals surface area contributed by atoms with Crippen molar-refractivity contribution in [1.82, 2.24) is 5.32 Å². The molecule has 124 valence electrons. The third kappa shape index (κ3) is 4.50. The minimum absolute atomic E-state index is 0.0668. The molecule has 0 radical (unpaired) electrons. The molecule has 0 fully saturated rings. The normalized spacial score (nSPS) is 11.0. The van der Waals surface area contributed by atoms with Crippen LogP contribution in [-0.2, 0) is 11.3 Å². The molecule has 1 aromatic carbocycles. The molecule has 24 heavy (non-hydrogen) atoms. The molecule has 0 spiro atoms. The highest BCUT2D eigenvalue weighted by Crippen LogP contribution is 2.16. The SMILES string of the molecule is CCN(CC)c1ccc(/C=C(/C#N)C(=O)NCc2ccco2)cc1. The number of benzene rings is 1. The van der Waals surface area contributed by atoms with Crippen molar-refractivity contribution >= 4 is 17.7 Å². The van der Waals surface area contributed by atoms with E-state index in [0.29, 0.717) is 5.76 Å². The summed E-state index contributed by atoms with van der Waals surface area (Å²) in [5.74, 6) is 0.228. The highest BCUT2D eigenvalue weighted by atomic mass is 16.3. The van der Waals surface area contributed by atoms with Gasteiger partial charge < -0.3 is 14.6 Å². The number of carbonyl (C=O) groups excluding carboxylic acids is 1. The smallest absolute Gasteiger partial charge is 0.262 e. The number of hydrogen-bond donors (Lipinski definition) is 1. The van der Waals surface area contributed by atoms with Crippen LogP contribution in [0.2, 0.25) is 0 Å². The Morgan fingerprint density at radius 2 is 1.96 bits per heavy atom. The molecule has 0 bridgehead atoms. The van der Waals surface area contributed by atoms with Crippen LogP contribution in [0.3, 0.4) is 0 Å². The van der Waals surface area contributed by atoms with Gasteiger partial charge in [0.05, 0.1) is 12.8 Å². The van der Waals surface area contributed by atoms with Crippen LogP contribution in [0, 0.1) is 11.3 Å². The summed E-state index contributed by atoms with van der Waals surface area (Å²) in [6, 6.07) is 13.3. The summed E-state index contributed by atoms with van der Waals surface area (Å²) < 4.78 is 5.15. The van der Waals surface area contributed by atoms with E-state index in [-0.39, 0.29) is 12.1 Å². The summed E-state index contributed by atoms with van der Waals surface area (Å²) in [5.41, 5.74) is 2.01. The molecule has 0 aliphatic heterocycles. The third-order valence-corrected chi connectivity index (χ3v) is 3.70. The van der Waals surface area contributed by atoms with Crippen LogP contribution in [0.5, 0.6) is 0 Å². The first-order valence-corrected chi connectivity index (χ1v) is 7.95. The van der Waals surface area contributed by atoms with Crippen molar-refractivity contribution in [1.29, 1.82) is 5.26 Å². The number of hydrogen-bond acceptors (Lipinski definition) is 4. The maximum absolute atomic E-state index is 12.1. The van der Waals surface area contributed by atoms with Gasteiger partial charge in [0.15, 0.2) is 0 Å². The van der Waals surface area contributed by atoms with Crippen LogP contribution in [0.15, 0.2) is 52.7 Å². The van der Waals surface area contributed by atoms with Gasteiger partial charge in [-0.3, -0.25) is 4.79 Å². The van der Waals surface area contributed by atoms with E-state index in [1.165, 1.54) is 0 Å². The number of nitrogens with zero attached hydrogens (tertiary/aromatic N) is 2. The fourth-order valence-electron chi connectivity index (χ4n) is 2.36. The zero-order chi connectivity index (χ0) is 17.4. The van der Waals surface area contributed by atoms with E-state index < -0.39 is 5.91 Å². The summed E-state index contributed by atoms with van der Waals surface area (Å²) in [6.45, 7) is 6.34. The van der Waals surface area contributed by atoms with Crippen molar-refractivity contribution in [3.63, 3.8) is 0 Å². The van der Waals surface area contributed by atoms with E-state index in [1.54, 1.807) is 24.5 Å². The maximum Gasteiger partial charge on any atom is 0.262 e. The number of furan rings is 1. The Morgan fingerprint density at radius 1 is 1.25 bits per heavy atom. The quantitative estimate of drug-likeness (QED) is 0.626. The zero-order valence-electron chi connectivity index (χ0n) is 14.0. The molecule has 1 aromatic heterocycles. The van der Waals surface area contributed by atoms with Gasteiger partial charge in [-0.15, -0.1) is 0 Å². The first-order chi connectivity index (χ1) is 11.7. The predicted octanol–water partition coefficient (Wildman–Crippen LogP) is 3.35. The number of rotatable bonds is 7. The lowest BCUT2D eigenvalue weighted by Gasteiger charge is -2.20. The Hall–Kier alpha value is -3.00. The van der Waals surface area contributed by atoms with Crippen molar-refractivity contribution in [3.05, 3.63) is 59.6 Å². The average molecular weight is 323 g/mol. The van der Waals surface area contributed by atoms with Gasteiger partial charge in [-0.1, -0.05) is 12.1 Å². The zero-order valence-corrected chi connectivity index (χ0v) is 14.0. The van der Waals surface area contributed by atoms with E-state index in [0.717, 1.165) is 24.3 Å². The van der Waals surface area contributed by atoms with E-state index in [4.69, 9.17) is 4.42 Å². The van der Waals surface area contributed by atoms with Crippen LogP contribution < -0.4 is 10.2 Å². The van der Waals surface area contributed by atoms with Gasteiger partial charge in [-0.25, -0.2) is 0 Å². The molecular formula is C19H21N3O2. The fraction of sp³-hybridized carbons (Fsp3) is 0.263. The molecule has 0 unspecified atom stereocenters. The van der Waals surface area contributed by atoms with Crippen molar-refractivity contribution in [2.45, 2.75) is 20.4 Å². The Kier molecular flexibility index (Phi) is 6.21. The molecule has 2 aromatic rings. The van der Waals surface area contributed by atoms with Gasteiger partial charge in [0.25, 0.3) is 5.91 Å². The predicted molar refractivity (Wildman–Crippen MR) is 94.1 cm³/mol. The summed E-state index contributed by atoms with van der Waals surface area (Å²) in [4.78, 5) is 14.3. The second kappa shape index (κ2) is 8.59. The van der Waals surface area contributed by atoms with Gasteiger partial charge in [-0.2, -0.15) is 5.26 Å².